The molecular formula is C25H30N6O2. The summed E-state index contributed by atoms with van der Waals surface area (Å²) in [7, 11) is 0. The van der Waals surface area contributed by atoms with Crippen LogP contribution >= 0.6 is 0 Å². The number of hydrogen-bond acceptors (Lipinski definition) is 6. The Morgan fingerprint density at radius 3 is 2.48 bits per heavy atom. The van der Waals surface area contributed by atoms with E-state index in [-0.39, 0.29) is 17.9 Å². The number of nitrogens with one attached hydrogen (secondary N) is 1. The Labute approximate surface area is 194 Å². The van der Waals surface area contributed by atoms with Crippen LogP contribution in [0.1, 0.15) is 62.3 Å². The van der Waals surface area contributed by atoms with Gasteiger partial charge in [-0.05, 0) is 58.2 Å². The Morgan fingerprint density at radius 1 is 1.03 bits per heavy atom. The molecule has 1 fully saturated rings. The van der Waals surface area contributed by atoms with Crippen LogP contribution in [0.25, 0.3) is 5.82 Å². The maximum atomic E-state index is 12.8. The van der Waals surface area contributed by atoms with Gasteiger partial charge in [0.2, 0.25) is 5.91 Å². The minimum Gasteiger partial charge on any atom is -0.491 e. The topological polar surface area (TPSA) is 85.2 Å². The number of fused-ring (bicyclic) bond motifs is 1. The number of para-hydroxylation sites is 1. The second-order valence-corrected chi connectivity index (χ2v) is 9.07. The van der Waals surface area contributed by atoms with Crippen LogP contribution in [0.2, 0.25) is 0 Å². The van der Waals surface area contributed by atoms with E-state index in [0.29, 0.717) is 18.1 Å². The second kappa shape index (κ2) is 8.84. The van der Waals surface area contributed by atoms with Crippen LogP contribution in [0.3, 0.4) is 0 Å². The third-order valence-electron chi connectivity index (χ3n) is 6.29. The minimum absolute atomic E-state index is 0.0422. The summed E-state index contributed by atoms with van der Waals surface area (Å²) in [5.74, 6) is 2.75. The normalized spacial score (nSPS) is 18.2. The summed E-state index contributed by atoms with van der Waals surface area (Å²) < 4.78 is 7.77. The van der Waals surface area contributed by atoms with Gasteiger partial charge < -0.3 is 15.0 Å². The summed E-state index contributed by atoms with van der Waals surface area (Å²) in [6, 6.07) is 11.9. The Bertz CT molecular complexity index is 1150. The van der Waals surface area contributed by atoms with Gasteiger partial charge in [-0.1, -0.05) is 18.2 Å². The number of carbonyl (C=O) groups is 1. The average Bonchev–Trinajstić information content (AvgIpc) is 3.15. The summed E-state index contributed by atoms with van der Waals surface area (Å²) >= 11 is 0. The first-order valence-corrected chi connectivity index (χ1v) is 11.7. The molecule has 3 aromatic rings. The van der Waals surface area contributed by atoms with Crippen LogP contribution in [0.4, 0.5) is 11.6 Å². The number of rotatable bonds is 5. The number of benzene rings is 1. The molecule has 172 valence electrons. The van der Waals surface area contributed by atoms with E-state index in [1.54, 1.807) is 4.68 Å². The maximum absolute atomic E-state index is 12.8. The molecule has 1 amide bonds. The largest absolute Gasteiger partial charge is 0.491 e. The molecule has 0 unspecified atom stereocenters. The van der Waals surface area contributed by atoms with Gasteiger partial charge in [0.15, 0.2) is 11.6 Å². The van der Waals surface area contributed by atoms with Crippen molar-refractivity contribution in [3.8, 4) is 11.6 Å². The van der Waals surface area contributed by atoms with Gasteiger partial charge in [0.05, 0.1) is 11.8 Å². The van der Waals surface area contributed by atoms with E-state index in [1.807, 2.05) is 57.2 Å². The highest BCUT2D eigenvalue weighted by atomic mass is 16.5. The zero-order valence-electron chi connectivity index (χ0n) is 19.4. The Kier molecular flexibility index (Phi) is 5.74. The number of nitrogens with zero attached hydrogens (tertiary/aromatic N) is 5. The summed E-state index contributed by atoms with van der Waals surface area (Å²) in [5.41, 5.74) is 2.85. The van der Waals surface area contributed by atoms with E-state index < -0.39 is 0 Å². The first-order valence-electron chi connectivity index (χ1n) is 11.7. The number of ether oxygens (including phenoxy) is 1. The van der Waals surface area contributed by atoms with Crippen molar-refractivity contribution >= 4 is 17.5 Å². The average molecular weight is 447 g/mol. The third-order valence-corrected chi connectivity index (χ3v) is 6.29. The fraction of sp³-hybridized carbons (Fsp3) is 0.440. The first kappa shape index (κ1) is 21.4. The number of amides is 1. The fourth-order valence-corrected chi connectivity index (χ4v) is 4.83. The van der Waals surface area contributed by atoms with E-state index in [0.717, 1.165) is 41.5 Å². The van der Waals surface area contributed by atoms with Crippen LogP contribution in [-0.4, -0.2) is 45.1 Å². The Morgan fingerprint density at radius 2 is 1.76 bits per heavy atom. The SMILES string of the molecule is Cc1nn(-c2ccc(N3CCCCC3)nn2)c2c1[C@H](c1ccccc1OC(C)C)CC(=O)N2. The van der Waals surface area contributed by atoms with E-state index in [9.17, 15) is 4.79 Å². The molecule has 8 nitrogen and oxygen atoms in total. The van der Waals surface area contributed by atoms with Gasteiger partial charge in [0.25, 0.3) is 0 Å². The first-order chi connectivity index (χ1) is 16.0. The lowest BCUT2D eigenvalue weighted by molar-refractivity contribution is -0.116. The van der Waals surface area contributed by atoms with Crippen molar-refractivity contribution in [2.75, 3.05) is 23.3 Å². The van der Waals surface area contributed by atoms with E-state index in [2.05, 4.69) is 20.4 Å². The highest BCUT2D eigenvalue weighted by Gasteiger charge is 2.34. The zero-order chi connectivity index (χ0) is 22.9. The quantitative estimate of drug-likeness (QED) is 0.632. The molecule has 2 aromatic heterocycles. The molecule has 1 aromatic carbocycles. The predicted molar refractivity (Wildman–Crippen MR) is 127 cm³/mol. The second-order valence-electron chi connectivity index (χ2n) is 9.07. The number of aryl methyl sites for hydroxylation is 1. The molecule has 33 heavy (non-hydrogen) atoms. The smallest absolute Gasteiger partial charge is 0.226 e. The maximum Gasteiger partial charge on any atom is 0.226 e. The summed E-state index contributed by atoms with van der Waals surface area (Å²) in [6.07, 6.45) is 4.03. The van der Waals surface area contributed by atoms with Crippen LogP contribution in [0, 0.1) is 6.92 Å². The Hall–Kier alpha value is -3.42. The number of carbonyl (C=O) groups excluding carboxylic acids is 1. The summed E-state index contributed by atoms with van der Waals surface area (Å²) in [6.45, 7) is 8.01. The summed E-state index contributed by atoms with van der Waals surface area (Å²) in [4.78, 5) is 15.0. The number of piperidine rings is 1. The lowest BCUT2D eigenvalue weighted by Crippen LogP contribution is -2.30. The van der Waals surface area contributed by atoms with Crippen molar-refractivity contribution in [1.82, 2.24) is 20.0 Å². The van der Waals surface area contributed by atoms with E-state index in [1.165, 1.54) is 19.3 Å². The van der Waals surface area contributed by atoms with Crippen LogP contribution in [0.5, 0.6) is 5.75 Å². The van der Waals surface area contributed by atoms with Gasteiger partial charge >= 0.3 is 0 Å². The predicted octanol–water partition coefficient (Wildman–Crippen LogP) is 4.22. The van der Waals surface area contributed by atoms with Crippen LogP contribution < -0.4 is 15.0 Å². The molecule has 5 rings (SSSR count). The molecule has 0 radical (unpaired) electrons. The molecule has 0 saturated carbocycles. The molecule has 0 aliphatic carbocycles. The van der Waals surface area contributed by atoms with Crippen molar-refractivity contribution in [3.63, 3.8) is 0 Å². The standard InChI is InChI=1S/C25H30N6O2/c1-16(2)33-20-10-6-5-9-18(20)19-15-23(32)26-25-24(19)17(3)29-31(25)22-12-11-21(27-28-22)30-13-7-4-8-14-30/h5-6,9-12,16,19H,4,7-8,13-15H2,1-3H3,(H,26,32)/t19-/m0/s1. The molecule has 2 aliphatic heterocycles. The molecule has 0 spiro atoms. The van der Waals surface area contributed by atoms with Crippen molar-refractivity contribution < 1.29 is 9.53 Å². The van der Waals surface area contributed by atoms with Crippen LogP contribution in [-0.2, 0) is 4.79 Å². The molecule has 1 saturated heterocycles. The fourth-order valence-electron chi connectivity index (χ4n) is 4.83. The number of aromatic nitrogens is 4. The lowest BCUT2D eigenvalue weighted by Gasteiger charge is -2.27. The van der Waals surface area contributed by atoms with Crippen molar-refractivity contribution in [3.05, 3.63) is 53.2 Å². The minimum atomic E-state index is -0.141. The van der Waals surface area contributed by atoms with Crippen molar-refractivity contribution in [1.29, 1.82) is 0 Å². The molecule has 4 heterocycles. The van der Waals surface area contributed by atoms with Gasteiger partial charge in [0, 0.05) is 36.6 Å². The molecule has 8 heteroatoms. The molecule has 0 bridgehead atoms. The van der Waals surface area contributed by atoms with E-state index >= 15 is 0 Å². The highest BCUT2D eigenvalue weighted by Crippen LogP contribution is 2.43. The van der Waals surface area contributed by atoms with Gasteiger partial charge in [-0.2, -0.15) is 9.78 Å². The lowest BCUT2D eigenvalue weighted by atomic mass is 9.85. The molecular weight excluding hydrogens is 416 g/mol. The molecule has 1 N–H and O–H groups in total. The Balaban J connectivity index is 1.52. The van der Waals surface area contributed by atoms with Gasteiger partial charge in [0.1, 0.15) is 11.6 Å². The van der Waals surface area contributed by atoms with Crippen molar-refractivity contribution in [2.24, 2.45) is 0 Å². The highest BCUT2D eigenvalue weighted by molar-refractivity contribution is 5.95. The van der Waals surface area contributed by atoms with Gasteiger partial charge in [-0.25, -0.2) is 0 Å². The van der Waals surface area contributed by atoms with Crippen molar-refractivity contribution in [2.45, 2.75) is 58.5 Å². The summed E-state index contributed by atoms with van der Waals surface area (Å²) in [5, 5.41) is 16.7. The molecule has 1 atom stereocenters. The van der Waals surface area contributed by atoms with E-state index in [4.69, 9.17) is 9.84 Å². The molecule has 2 aliphatic rings. The van der Waals surface area contributed by atoms with Crippen LogP contribution in [0.15, 0.2) is 36.4 Å². The number of anilines is 2. The number of hydrogen-bond donors (Lipinski definition) is 1. The third kappa shape index (κ3) is 4.17. The monoisotopic (exact) mass is 446 g/mol. The van der Waals surface area contributed by atoms with Gasteiger partial charge in [-0.15, -0.1) is 10.2 Å². The zero-order valence-corrected chi connectivity index (χ0v) is 19.4. The van der Waals surface area contributed by atoms with Gasteiger partial charge in [-0.3, -0.25) is 4.79 Å².